The highest BCUT2D eigenvalue weighted by Gasteiger charge is 2.15. The van der Waals surface area contributed by atoms with E-state index in [1.165, 1.54) is 11.1 Å². The number of nitrogens with zero attached hydrogens (tertiary/aromatic N) is 5. The van der Waals surface area contributed by atoms with Gasteiger partial charge in [0.1, 0.15) is 0 Å². The monoisotopic (exact) mass is 631 g/mol. The van der Waals surface area contributed by atoms with Crippen molar-refractivity contribution in [3.05, 3.63) is 176 Å². The van der Waals surface area contributed by atoms with Gasteiger partial charge in [-0.3, -0.25) is 0 Å². The largest absolute Gasteiger partial charge is 0.245 e. The zero-order valence-electron chi connectivity index (χ0n) is 27.1. The van der Waals surface area contributed by atoms with Crippen LogP contribution in [0.5, 0.6) is 0 Å². The minimum Gasteiger partial charge on any atom is -0.245 e. The Morgan fingerprint density at radius 3 is 1.27 bits per heavy atom. The first kappa shape index (κ1) is 31.0. The summed E-state index contributed by atoms with van der Waals surface area (Å²) < 4.78 is 0. The van der Waals surface area contributed by atoms with Crippen molar-refractivity contribution in [2.75, 3.05) is 0 Å². The topological polar surface area (TPSA) is 63.4 Å². The molecule has 0 aliphatic heterocycles. The van der Waals surface area contributed by atoms with E-state index in [-0.39, 0.29) is 0 Å². The molecule has 1 aromatic heterocycles. The molecule has 5 nitrogen and oxygen atoms in total. The van der Waals surface area contributed by atoms with Gasteiger partial charge in [-0.15, -0.1) is 0 Å². The fourth-order valence-electron chi connectivity index (χ4n) is 5.68. The van der Waals surface area contributed by atoms with Gasteiger partial charge in [0.2, 0.25) is 0 Å². The minimum absolute atomic E-state index is 0.574. The third-order valence-corrected chi connectivity index (χ3v) is 8.19. The Kier molecular flexibility index (Phi) is 9.15. The van der Waals surface area contributed by atoms with Crippen LogP contribution in [0.15, 0.2) is 180 Å². The molecule has 5 heteroatoms. The summed E-state index contributed by atoms with van der Waals surface area (Å²) in [6.45, 7) is 5.63. The molecule has 0 unspecified atom stereocenters. The normalized spacial score (nSPS) is 11.5. The minimum atomic E-state index is 0.574. The number of hydrogen-bond acceptors (Lipinski definition) is 4. The van der Waals surface area contributed by atoms with Gasteiger partial charge in [0.05, 0.1) is 0 Å². The second-order valence-electron chi connectivity index (χ2n) is 11.5. The molecule has 234 valence electrons. The molecular formula is C44H33N5. The first-order valence-electron chi connectivity index (χ1n) is 16.1. The van der Waals surface area contributed by atoms with Crippen LogP contribution in [0, 0.1) is 0 Å². The van der Waals surface area contributed by atoms with Crippen LogP contribution < -0.4 is 0 Å². The zero-order valence-corrected chi connectivity index (χ0v) is 27.1. The van der Waals surface area contributed by atoms with Gasteiger partial charge in [0.25, 0.3) is 0 Å². The van der Waals surface area contributed by atoms with E-state index >= 15 is 0 Å². The second kappa shape index (κ2) is 14.4. The number of allylic oxidation sites excluding steroid dienone is 1. The summed E-state index contributed by atoms with van der Waals surface area (Å²) in [5.74, 6) is 2.42. The fourth-order valence-corrected chi connectivity index (χ4v) is 5.68. The lowest BCUT2D eigenvalue weighted by atomic mass is 9.94. The Morgan fingerprint density at radius 2 is 0.816 bits per heavy atom. The van der Waals surface area contributed by atoms with Crippen LogP contribution >= 0.6 is 0 Å². The van der Waals surface area contributed by atoms with Crippen molar-refractivity contribution in [3.63, 3.8) is 0 Å². The molecule has 0 aliphatic carbocycles. The average molecular weight is 632 g/mol. The van der Waals surface area contributed by atoms with Crippen LogP contribution in [-0.2, 0) is 0 Å². The van der Waals surface area contributed by atoms with E-state index in [0.29, 0.717) is 23.3 Å². The molecule has 0 saturated carbocycles. The molecule has 1 heterocycles. The van der Waals surface area contributed by atoms with Gasteiger partial charge < -0.3 is 0 Å². The summed E-state index contributed by atoms with van der Waals surface area (Å²) in [7, 11) is 0. The van der Waals surface area contributed by atoms with E-state index in [4.69, 9.17) is 15.0 Å². The third-order valence-electron chi connectivity index (χ3n) is 8.19. The lowest BCUT2D eigenvalue weighted by Crippen LogP contribution is -2.00. The Labute approximate surface area is 286 Å². The molecule has 7 aromatic rings. The van der Waals surface area contributed by atoms with E-state index in [9.17, 15) is 0 Å². The molecule has 6 aromatic carbocycles. The molecular weight excluding hydrogens is 599 g/mol. The van der Waals surface area contributed by atoms with E-state index < -0.39 is 0 Å². The standard InChI is InChI=1S/C44H33N5/c1-3-27-46-41(45-2)37-25-23-34(24-26-37)39-28-38(33-21-19-32(20-22-33)31-13-7-4-8-14-31)29-40(30-39)44-48-42(35-15-9-5-10-16-35)47-43(49-44)36-17-11-6-12-18-36/h3-30H,2H2,1H3/b27-3-,46-41-. The van der Waals surface area contributed by atoms with Crippen LogP contribution in [0.25, 0.3) is 67.5 Å². The van der Waals surface area contributed by atoms with Crippen molar-refractivity contribution in [1.82, 2.24) is 15.0 Å². The highest BCUT2D eigenvalue weighted by atomic mass is 15.0. The van der Waals surface area contributed by atoms with Crippen LogP contribution in [0.4, 0.5) is 0 Å². The number of hydrogen-bond donors (Lipinski definition) is 0. The second-order valence-corrected chi connectivity index (χ2v) is 11.5. The quantitative estimate of drug-likeness (QED) is 0.124. The van der Waals surface area contributed by atoms with Crippen LogP contribution in [0.2, 0.25) is 0 Å². The highest BCUT2D eigenvalue weighted by molar-refractivity contribution is 6.02. The first-order chi connectivity index (χ1) is 24.2. The van der Waals surface area contributed by atoms with Crippen molar-refractivity contribution >= 4 is 12.6 Å². The lowest BCUT2D eigenvalue weighted by Gasteiger charge is -2.13. The Morgan fingerprint density at radius 1 is 0.449 bits per heavy atom. The molecule has 0 aliphatic rings. The summed E-state index contributed by atoms with van der Waals surface area (Å²) in [5.41, 5.74) is 10.2. The van der Waals surface area contributed by atoms with Gasteiger partial charge in [-0.1, -0.05) is 146 Å². The molecule has 0 spiro atoms. The molecule has 7 rings (SSSR count). The molecule has 0 amide bonds. The van der Waals surface area contributed by atoms with E-state index in [1.807, 2.05) is 91.9 Å². The molecule has 0 atom stereocenters. The molecule has 49 heavy (non-hydrogen) atoms. The Hall–Kier alpha value is -6.59. The SMILES string of the molecule is C=N/C(=N\C=C/C)c1ccc(-c2cc(-c3ccc(-c4ccccc4)cc3)cc(-c3nc(-c4ccccc4)nc(-c4ccccc4)n3)c2)cc1. The number of benzene rings is 6. The Balaban J connectivity index is 1.38. The van der Waals surface area contributed by atoms with Crippen LogP contribution in [0.1, 0.15) is 12.5 Å². The highest BCUT2D eigenvalue weighted by Crippen LogP contribution is 2.34. The fraction of sp³-hybridized carbons (Fsp3) is 0.0227. The molecule has 0 radical (unpaired) electrons. The molecule has 0 N–H and O–H groups in total. The predicted octanol–water partition coefficient (Wildman–Crippen LogP) is 10.9. The molecule has 0 saturated heterocycles. The number of aliphatic imine (C=N–C) groups is 2. The maximum absolute atomic E-state index is 5.04. The van der Waals surface area contributed by atoms with Gasteiger partial charge in [-0.25, -0.2) is 24.9 Å². The zero-order chi connectivity index (χ0) is 33.4. The first-order valence-corrected chi connectivity index (χ1v) is 16.1. The molecule has 0 bridgehead atoms. The van der Waals surface area contributed by atoms with Gasteiger partial charge in [0.15, 0.2) is 23.3 Å². The summed E-state index contributed by atoms with van der Waals surface area (Å²) >= 11 is 0. The van der Waals surface area contributed by atoms with E-state index in [0.717, 1.165) is 44.5 Å². The maximum atomic E-state index is 5.04. The van der Waals surface area contributed by atoms with Crippen molar-refractivity contribution in [3.8, 4) is 67.5 Å². The lowest BCUT2D eigenvalue weighted by molar-refractivity contribution is 1.07. The summed E-state index contributed by atoms with van der Waals surface area (Å²) in [5, 5.41) is 0. The van der Waals surface area contributed by atoms with E-state index in [2.05, 4.69) is 95.6 Å². The van der Waals surface area contributed by atoms with Gasteiger partial charge >= 0.3 is 0 Å². The van der Waals surface area contributed by atoms with Gasteiger partial charge in [0, 0.05) is 28.5 Å². The van der Waals surface area contributed by atoms with Crippen molar-refractivity contribution in [2.24, 2.45) is 9.98 Å². The smallest absolute Gasteiger partial charge is 0.164 e. The summed E-state index contributed by atoms with van der Waals surface area (Å²) in [4.78, 5) is 23.5. The van der Waals surface area contributed by atoms with Crippen molar-refractivity contribution in [2.45, 2.75) is 6.92 Å². The van der Waals surface area contributed by atoms with E-state index in [1.54, 1.807) is 6.20 Å². The van der Waals surface area contributed by atoms with Gasteiger partial charge in [-0.05, 0) is 65.2 Å². The van der Waals surface area contributed by atoms with Crippen molar-refractivity contribution in [1.29, 1.82) is 0 Å². The third kappa shape index (κ3) is 7.07. The van der Waals surface area contributed by atoms with Crippen LogP contribution in [-0.4, -0.2) is 27.5 Å². The van der Waals surface area contributed by atoms with Gasteiger partial charge in [-0.2, -0.15) is 0 Å². The number of rotatable bonds is 8. The van der Waals surface area contributed by atoms with Crippen LogP contribution in [0.3, 0.4) is 0 Å². The predicted molar refractivity (Wildman–Crippen MR) is 203 cm³/mol. The average Bonchev–Trinajstić information content (AvgIpc) is 3.19. The number of aromatic nitrogens is 3. The summed E-state index contributed by atoms with van der Waals surface area (Å²) in [6.07, 6.45) is 3.59. The molecule has 0 fully saturated rings. The maximum Gasteiger partial charge on any atom is 0.164 e. The summed E-state index contributed by atoms with van der Waals surface area (Å²) in [6, 6.07) is 53.9. The van der Waals surface area contributed by atoms with Crippen molar-refractivity contribution < 1.29 is 0 Å². The Bertz CT molecular complexity index is 2200. The number of amidine groups is 1.